The molecule has 16 rings (SSSR count). The van der Waals surface area contributed by atoms with Crippen molar-refractivity contribution in [1.82, 2.24) is 9.97 Å². The van der Waals surface area contributed by atoms with Gasteiger partial charge in [0, 0.05) is 79.5 Å². The highest BCUT2D eigenvalue weighted by Gasteiger charge is 2.73. The summed E-state index contributed by atoms with van der Waals surface area (Å²) in [5, 5.41) is 85.3. The molecule has 1 aromatic carbocycles. The molecule has 9 saturated carbocycles. The Morgan fingerprint density at radius 1 is 0.583 bits per heavy atom. The number of ketones is 6. The van der Waals surface area contributed by atoms with Gasteiger partial charge in [-0.3, -0.25) is 28.8 Å². The van der Waals surface area contributed by atoms with Crippen molar-refractivity contribution in [2.75, 3.05) is 17.3 Å². The van der Waals surface area contributed by atoms with Crippen LogP contribution in [0.25, 0.3) is 11.3 Å². The Morgan fingerprint density at radius 2 is 1.04 bits per heavy atom. The molecule has 0 spiro atoms. The van der Waals surface area contributed by atoms with E-state index in [1.165, 1.54) is 35.4 Å². The number of carbonyl (C=O) groups excluding carboxylic acids is 6. The highest BCUT2D eigenvalue weighted by Crippen LogP contribution is 2.72. The summed E-state index contributed by atoms with van der Waals surface area (Å²) >= 11 is 5.07. The molecule has 23 heteroatoms. The molecule has 0 radical (unpaired) electrons. The monoisotopic (exact) mass is 1550 g/mol. The summed E-state index contributed by atoms with van der Waals surface area (Å²) in [4.78, 5) is 85.4. The minimum Gasteiger partial charge on any atom is -0.618 e. The molecule has 576 valence electrons. The number of nitrogens with zero attached hydrogens (tertiary/aromatic N) is 3. The second kappa shape index (κ2) is 28.6. The van der Waals surface area contributed by atoms with Crippen molar-refractivity contribution in [3.8, 4) is 11.3 Å². The van der Waals surface area contributed by atoms with Crippen LogP contribution in [0.2, 0.25) is 0 Å². The summed E-state index contributed by atoms with van der Waals surface area (Å²) in [5.74, 6) is -0.775. The second-order valence-electron chi connectivity index (χ2n) is 34.6. The number of halogens is 3. The number of hydrogen-bond acceptors (Lipinski definition) is 19. The number of Topliss-reactive ketones (excluding diaryl/α,β-unsaturated/α-hetero) is 3. The molecule has 15 unspecified atom stereocenters. The molecule has 12 aliphatic carbocycles. The number of benzene rings is 1. The third-order valence-electron chi connectivity index (χ3n) is 29.5. The maximum absolute atomic E-state index is 13.6. The topological polar surface area (TPSA) is 277 Å². The van der Waals surface area contributed by atoms with Gasteiger partial charge in [0.25, 0.3) is 5.03 Å². The first kappa shape index (κ1) is 78.7. The fourth-order valence-corrected chi connectivity index (χ4v) is 27.7. The van der Waals surface area contributed by atoms with Gasteiger partial charge in [-0.25, -0.2) is 9.97 Å². The van der Waals surface area contributed by atoms with E-state index in [2.05, 4.69) is 30.7 Å². The van der Waals surface area contributed by atoms with Crippen LogP contribution in [-0.4, -0.2) is 128 Å². The SMILES string of the molecule is CC12C=CC(=O)C=C1CCC1C2[C@@H](O)CC2(C)C1CC[C@]2(O)C(=O)CSc1nc(-c2ccccc2)cs1.C[C@@H]1CC2C3CCC4=CC(=O)C=CC4(C)C3[C@@H](O)CC2(C)[C@@]1(O)C(=O)CSc1ccc(C(F)(F)F)cn1.C[C@@H]1CC2C3CCC4=CC(=O)C=CC4(C)C3[C@@H](O)CC2(C)[C@@]1(O)C(=O)CSc1cccc[n+]1[O-]. The summed E-state index contributed by atoms with van der Waals surface area (Å²) in [5.41, 5.74) is -3.78. The Balaban J connectivity index is 0.000000136. The van der Waals surface area contributed by atoms with E-state index in [0.717, 1.165) is 124 Å². The van der Waals surface area contributed by atoms with E-state index < -0.39 is 68.5 Å². The number of aliphatic hydroxyl groups is 6. The lowest BCUT2D eigenvalue weighted by Gasteiger charge is -2.59. The smallest absolute Gasteiger partial charge is 0.417 e. The molecule has 6 N–H and O–H groups in total. The minimum absolute atomic E-state index is 0.00541. The molecule has 12 aliphatic rings. The standard InChI is InChI=1S/C30H33NO4S2.C28H32F3NO4S.C27H33NO5S/c1-28-12-10-20(32)14-19(28)8-9-21-22-11-13-30(35,29(22,2)15-24(33)26(21)28)25(34)17-37-27-31-23(16-36-27)18-6-4-3-5-7-18;1-15-10-20-19-6-4-16-11-18(33)8-9-25(16,2)24(19)21(34)12-26(20,3)27(15,36)22(35)14-37-23-7-5-17(13-32-23)28(29,30)31;1-16-12-20-19-8-7-17-13-18(29)9-10-25(17,2)24(19)21(30)14-26(20,3)27(16,32)22(31)15-34-23-6-4-5-11-28(23)33/h3-7,10,12,14,16,21-22,24,26,33,35H,8-9,11,13,15,17H2,1-2H3;5,7-9,11,13,15,19-21,24,34,36H,4,6,10,12,14H2,1-3H3;4-6,9-11,13,16,19-21,24,30,32H,7-8,12,14-15H2,1-3H3/t21?,22?,24-,26?,28?,29?,30-;15-,19?,20?,21+,24?,25?,26?,27+;16-,19?,20?,21+,24?,25?,26?,27+/m011/s1. The second-order valence-corrected chi connectivity index (χ2v) is 38.7. The number of carbonyl (C=O) groups is 6. The number of thiazole rings is 1. The average molecular weight is 1550 g/mol. The Kier molecular flexibility index (Phi) is 20.8. The van der Waals surface area contributed by atoms with E-state index in [9.17, 15) is 77.8 Å². The van der Waals surface area contributed by atoms with Crippen molar-refractivity contribution in [2.24, 2.45) is 97.6 Å². The molecular formula is C85H98F3N3O13S4. The number of aliphatic hydroxyl groups excluding tert-OH is 3. The lowest BCUT2D eigenvalue weighted by molar-refractivity contribution is -0.645. The van der Waals surface area contributed by atoms with Crippen LogP contribution in [0, 0.1) is 103 Å². The van der Waals surface area contributed by atoms with Crippen LogP contribution in [-0.2, 0) is 34.9 Å². The molecule has 9 fully saturated rings. The summed E-state index contributed by atoms with van der Waals surface area (Å²) < 4.78 is 40.1. The van der Waals surface area contributed by atoms with E-state index in [-0.39, 0.29) is 139 Å². The molecule has 0 aliphatic heterocycles. The zero-order chi connectivity index (χ0) is 77.4. The molecule has 16 nitrogen and oxygen atoms in total. The van der Waals surface area contributed by atoms with Gasteiger partial charge in [-0.2, -0.15) is 17.9 Å². The Morgan fingerprint density at radius 3 is 1.50 bits per heavy atom. The molecule has 4 aromatic rings. The van der Waals surface area contributed by atoms with Crippen LogP contribution in [0.15, 0.2) is 164 Å². The summed E-state index contributed by atoms with van der Waals surface area (Å²) in [7, 11) is 0. The van der Waals surface area contributed by atoms with Gasteiger partial charge in [-0.1, -0.05) is 144 Å². The number of thioether (sulfide) groups is 3. The summed E-state index contributed by atoms with van der Waals surface area (Å²) in [6.45, 7) is 16.1. The first-order chi connectivity index (χ1) is 50.9. The normalized spacial score (nSPS) is 40.8. The largest absolute Gasteiger partial charge is 0.618 e. The lowest BCUT2D eigenvalue weighted by atomic mass is 9.46. The zero-order valence-corrected chi connectivity index (χ0v) is 65.5. The van der Waals surface area contributed by atoms with E-state index in [0.29, 0.717) is 30.7 Å². The summed E-state index contributed by atoms with van der Waals surface area (Å²) in [6, 6.07) is 17.2. The number of hydrogen-bond donors (Lipinski definition) is 6. The first-order valence-corrected chi connectivity index (χ1v) is 42.0. The lowest BCUT2D eigenvalue weighted by Crippen LogP contribution is -2.62. The Bertz CT molecular complexity index is 4470. The van der Waals surface area contributed by atoms with Gasteiger partial charge in [0.1, 0.15) is 16.8 Å². The third kappa shape index (κ3) is 12.7. The number of fused-ring (bicyclic) bond motifs is 15. The van der Waals surface area contributed by atoms with Crippen LogP contribution in [0.5, 0.6) is 0 Å². The first-order valence-electron chi connectivity index (χ1n) is 38.1. The van der Waals surface area contributed by atoms with Crippen molar-refractivity contribution < 1.29 is 77.3 Å². The van der Waals surface area contributed by atoms with Crippen molar-refractivity contribution in [3.63, 3.8) is 0 Å². The highest BCUT2D eigenvalue weighted by molar-refractivity contribution is 8.01. The van der Waals surface area contributed by atoms with Crippen LogP contribution in [0.3, 0.4) is 0 Å². The number of allylic oxidation sites excluding steroid dienone is 12. The van der Waals surface area contributed by atoms with Crippen LogP contribution in [0.1, 0.15) is 144 Å². The number of pyridine rings is 2. The minimum atomic E-state index is -4.49. The molecule has 3 aromatic heterocycles. The Hall–Kier alpha value is -5.99. The number of alkyl halides is 3. The maximum atomic E-state index is 13.6. The third-order valence-corrected chi connectivity index (χ3v) is 33.5. The molecule has 0 amide bonds. The zero-order valence-electron chi connectivity index (χ0n) is 62.2. The fraction of sp³-hybridized carbons (Fsp3) is 0.565. The molecule has 0 saturated heterocycles. The van der Waals surface area contributed by atoms with Crippen LogP contribution < -0.4 is 4.73 Å². The average Bonchev–Trinajstić information content (AvgIpc) is 1.49. The van der Waals surface area contributed by atoms with E-state index in [4.69, 9.17) is 0 Å². The van der Waals surface area contributed by atoms with Gasteiger partial charge < -0.3 is 35.8 Å². The molecule has 23 atom stereocenters. The van der Waals surface area contributed by atoms with Crippen molar-refractivity contribution in [2.45, 2.75) is 195 Å². The van der Waals surface area contributed by atoms with Gasteiger partial charge in [-0.05, 0) is 197 Å². The van der Waals surface area contributed by atoms with Crippen LogP contribution in [0.4, 0.5) is 13.2 Å². The fourth-order valence-electron chi connectivity index (χ4n) is 24.3. The van der Waals surface area contributed by atoms with E-state index in [1.54, 1.807) is 54.7 Å². The molecule has 0 bridgehead atoms. The quantitative estimate of drug-likeness (QED) is 0.0412. The predicted octanol–water partition coefficient (Wildman–Crippen LogP) is 13.7. The predicted molar refractivity (Wildman–Crippen MR) is 407 cm³/mol. The highest BCUT2D eigenvalue weighted by atomic mass is 32.2. The Labute approximate surface area is 645 Å². The van der Waals surface area contributed by atoms with Crippen molar-refractivity contribution in [1.29, 1.82) is 0 Å². The maximum Gasteiger partial charge on any atom is 0.417 e. The van der Waals surface area contributed by atoms with E-state index in [1.807, 2.05) is 88.6 Å². The number of rotatable bonds is 13. The van der Waals surface area contributed by atoms with Gasteiger partial charge in [0.15, 0.2) is 45.2 Å². The molecule has 3 heterocycles. The summed E-state index contributed by atoms with van der Waals surface area (Å²) in [6.07, 6.45) is 19.9. The van der Waals surface area contributed by atoms with Gasteiger partial charge in [0.05, 0.1) is 51.9 Å². The molecular weight excluding hydrogens is 1460 g/mol. The van der Waals surface area contributed by atoms with Gasteiger partial charge >= 0.3 is 6.18 Å². The van der Waals surface area contributed by atoms with Crippen LogP contribution >= 0.6 is 46.6 Å². The van der Waals surface area contributed by atoms with Crippen molar-refractivity contribution >= 4 is 81.3 Å². The van der Waals surface area contributed by atoms with Gasteiger partial charge in [-0.15, -0.1) is 11.3 Å². The van der Waals surface area contributed by atoms with E-state index >= 15 is 0 Å². The van der Waals surface area contributed by atoms with Gasteiger partial charge in [0.2, 0.25) is 0 Å². The number of aromatic nitrogens is 3. The molecule has 108 heavy (non-hydrogen) atoms. The van der Waals surface area contributed by atoms with Crippen molar-refractivity contribution in [3.05, 3.63) is 161 Å².